The van der Waals surface area contributed by atoms with Crippen LogP contribution < -0.4 is 5.32 Å². The van der Waals surface area contributed by atoms with Gasteiger partial charge in [-0.1, -0.05) is 12.5 Å². The molecule has 28 heavy (non-hydrogen) atoms. The number of sulfonamides is 1. The SMILES string of the molecule is O=C(NC1C2CC3CC(C2)CC1C3)c1cccc(S(=O)(=O)N2CCCCC2)c1. The lowest BCUT2D eigenvalue weighted by atomic mass is 9.54. The van der Waals surface area contributed by atoms with E-state index in [1.54, 1.807) is 28.6 Å². The molecule has 0 unspecified atom stereocenters. The van der Waals surface area contributed by atoms with Gasteiger partial charge in [0.05, 0.1) is 4.90 Å². The first-order valence-electron chi connectivity index (χ1n) is 10.9. The Kier molecular flexibility index (Phi) is 4.74. The van der Waals surface area contributed by atoms with Crippen molar-refractivity contribution in [2.75, 3.05) is 13.1 Å². The second-order valence-electron chi connectivity index (χ2n) is 9.42. The Morgan fingerprint density at radius 1 is 0.929 bits per heavy atom. The Hall–Kier alpha value is -1.40. The van der Waals surface area contributed by atoms with Gasteiger partial charge in [0.2, 0.25) is 10.0 Å². The second-order valence-corrected chi connectivity index (χ2v) is 11.4. The van der Waals surface area contributed by atoms with Crippen molar-refractivity contribution in [3.63, 3.8) is 0 Å². The molecule has 1 aliphatic heterocycles. The van der Waals surface area contributed by atoms with Gasteiger partial charge in [-0.3, -0.25) is 4.79 Å². The van der Waals surface area contributed by atoms with E-state index in [1.807, 2.05) is 0 Å². The van der Waals surface area contributed by atoms with Crippen LogP contribution in [-0.4, -0.2) is 37.8 Å². The number of hydrogen-bond acceptors (Lipinski definition) is 3. The topological polar surface area (TPSA) is 66.5 Å². The first-order valence-corrected chi connectivity index (χ1v) is 12.4. The van der Waals surface area contributed by atoms with Gasteiger partial charge in [-0.25, -0.2) is 8.42 Å². The molecule has 0 aromatic heterocycles. The van der Waals surface area contributed by atoms with E-state index in [0.717, 1.165) is 31.1 Å². The number of amides is 1. The van der Waals surface area contributed by atoms with Crippen molar-refractivity contribution in [3.8, 4) is 0 Å². The fourth-order valence-corrected chi connectivity index (χ4v) is 8.01. The molecule has 1 N–H and O–H groups in total. The molecule has 6 heteroatoms. The maximum absolute atomic E-state index is 13.0. The van der Waals surface area contributed by atoms with Gasteiger partial charge in [-0.15, -0.1) is 0 Å². The minimum absolute atomic E-state index is 0.117. The first kappa shape index (κ1) is 18.6. The van der Waals surface area contributed by atoms with E-state index in [0.29, 0.717) is 30.5 Å². The molecule has 4 saturated carbocycles. The summed E-state index contributed by atoms with van der Waals surface area (Å²) in [5.74, 6) is 2.84. The number of nitrogens with one attached hydrogen (secondary N) is 1. The zero-order valence-electron chi connectivity index (χ0n) is 16.3. The van der Waals surface area contributed by atoms with Gasteiger partial charge in [0.25, 0.3) is 5.91 Å². The molecule has 6 rings (SSSR count). The van der Waals surface area contributed by atoms with Gasteiger partial charge >= 0.3 is 0 Å². The molecule has 1 aromatic carbocycles. The number of carbonyl (C=O) groups excluding carboxylic acids is 1. The van der Waals surface area contributed by atoms with Crippen LogP contribution in [0.3, 0.4) is 0 Å². The van der Waals surface area contributed by atoms with Crippen molar-refractivity contribution >= 4 is 15.9 Å². The van der Waals surface area contributed by atoms with Crippen molar-refractivity contribution < 1.29 is 13.2 Å². The zero-order valence-corrected chi connectivity index (χ0v) is 17.2. The molecule has 4 aliphatic carbocycles. The van der Waals surface area contributed by atoms with E-state index >= 15 is 0 Å². The smallest absolute Gasteiger partial charge is 0.251 e. The van der Waals surface area contributed by atoms with Crippen LogP contribution in [0.15, 0.2) is 29.2 Å². The monoisotopic (exact) mass is 402 g/mol. The number of nitrogens with zero attached hydrogens (tertiary/aromatic N) is 1. The van der Waals surface area contributed by atoms with Crippen LogP contribution in [-0.2, 0) is 10.0 Å². The normalized spacial score (nSPS) is 35.1. The minimum Gasteiger partial charge on any atom is -0.349 e. The maximum Gasteiger partial charge on any atom is 0.251 e. The molecular weight excluding hydrogens is 372 g/mol. The lowest BCUT2D eigenvalue weighted by Gasteiger charge is -2.54. The highest BCUT2D eigenvalue weighted by molar-refractivity contribution is 7.89. The van der Waals surface area contributed by atoms with Gasteiger partial charge in [0.1, 0.15) is 0 Å². The van der Waals surface area contributed by atoms with Crippen molar-refractivity contribution in [2.24, 2.45) is 23.7 Å². The summed E-state index contributed by atoms with van der Waals surface area (Å²) < 4.78 is 27.5. The van der Waals surface area contributed by atoms with E-state index in [4.69, 9.17) is 0 Å². The Morgan fingerprint density at radius 3 is 2.21 bits per heavy atom. The third-order valence-corrected chi connectivity index (χ3v) is 9.47. The molecule has 1 amide bonds. The Balaban J connectivity index is 1.33. The lowest BCUT2D eigenvalue weighted by molar-refractivity contribution is -0.0119. The summed E-state index contributed by atoms with van der Waals surface area (Å²) in [4.78, 5) is 13.2. The van der Waals surface area contributed by atoms with Gasteiger partial charge in [0, 0.05) is 24.7 Å². The number of hydrogen-bond donors (Lipinski definition) is 1. The van der Waals surface area contributed by atoms with E-state index in [2.05, 4.69) is 5.32 Å². The van der Waals surface area contributed by atoms with Crippen LogP contribution >= 0.6 is 0 Å². The number of piperidine rings is 1. The summed E-state index contributed by atoms with van der Waals surface area (Å²) in [6, 6.07) is 6.88. The van der Waals surface area contributed by atoms with Crippen molar-refractivity contribution in [2.45, 2.75) is 62.3 Å². The molecule has 1 saturated heterocycles. The molecule has 5 aliphatic rings. The van der Waals surface area contributed by atoms with Gasteiger partial charge in [-0.2, -0.15) is 4.31 Å². The van der Waals surface area contributed by atoms with Gasteiger partial charge in [0.15, 0.2) is 0 Å². The van der Waals surface area contributed by atoms with E-state index in [-0.39, 0.29) is 16.8 Å². The number of benzene rings is 1. The summed E-state index contributed by atoms with van der Waals surface area (Å²) in [5, 5.41) is 3.29. The van der Waals surface area contributed by atoms with Crippen molar-refractivity contribution in [3.05, 3.63) is 29.8 Å². The number of carbonyl (C=O) groups is 1. The maximum atomic E-state index is 13.0. The minimum atomic E-state index is -3.51. The van der Waals surface area contributed by atoms with Crippen LogP contribution in [0.2, 0.25) is 0 Å². The standard InChI is InChI=1S/C22H30N2O3S/c25-22(23-21-18-10-15-9-16(12-18)13-19(21)11-15)17-5-4-6-20(14-17)28(26,27)24-7-2-1-3-8-24/h4-6,14-16,18-19,21H,1-3,7-13H2,(H,23,25). The average molecular weight is 403 g/mol. The van der Waals surface area contributed by atoms with E-state index in [1.165, 1.54) is 32.1 Å². The molecule has 0 radical (unpaired) electrons. The van der Waals surface area contributed by atoms with E-state index < -0.39 is 10.0 Å². The molecule has 5 nitrogen and oxygen atoms in total. The van der Waals surface area contributed by atoms with Crippen LogP contribution in [0.5, 0.6) is 0 Å². The van der Waals surface area contributed by atoms with Crippen molar-refractivity contribution in [1.29, 1.82) is 0 Å². The molecule has 1 aromatic rings. The molecular formula is C22H30N2O3S. The first-order chi connectivity index (χ1) is 13.5. The van der Waals surface area contributed by atoms with E-state index in [9.17, 15) is 13.2 Å². The highest BCUT2D eigenvalue weighted by atomic mass is 32.2. The molecule has 4 bridgehead atoms. The Morgan fingerprint density at radius 2 is 1.57 bits per heavy atom. The Bertz CT molecular complexity index is 832. The number of rotatable bonds is 4. The molecule has 0 spiro atoms. The predicted molar refractivity (Wildman–Crippen MR) is 107 cm³/mol. The van der Waals surface area contributed by atoms with Crippen LogP contribution in [0.25, 0.3) is 0 Å². The zero-order chi connectivity index (χ0) is 19.3. The molecule has 0 atom stereocenters. The lowest BCUT2D eigenvalue weighted by Crippen LogP contribution is -2.55. The molecule has 152 valence electrons. The third-order valence-electron chi connectivity index (χ3n) is 7.57. The van der Waals surface area contributed by atoms with Crippen LogP contribution in [0.4, 0.5) is 0 Å². The summed E-state index contributed by atoms with van der Waals surface area (Å²) in [7, 11) is -3.51. The second kappa shape index (κ2) is 7.13. The van der Waals surface area contributed by atoms with Gasteiger partial charge < -0.3 is 5.32 Å². The summed E-state index contributed by atoms with van der Waals surface area (Å²) >= 11 is 0. The van der Waals surface area contributed by atoms with Crippen LogP contribution in [0, 0.1) is 23.7 Å². The Labute approximate surface area is 167 Å². The summed E-state index contributed by atoms with van der Waals surface area (Å²) in [5.41, 5.74) is 0.465. The van der Waals surface area contributed by atoms with Crippen LogP contribution in [0.1, 0.15) is 61.7 Å². The largest absolute Gasteiger partial charge is 0.349 e. The highest BCUT2D eigenvalue weighted by Crippen LogP contribution is 2.53. The van der Waals surface area contributed by atoms with Crippen molar-refractivity contribution in [1.82, 2.24) is 9.62 Å². The quantitative estimate of drug-likeness (QED) is 0.839. The van der Waals surface area contributed by atoms with Gasteiger partial charge in [-0.05, 0) is 86.8 Å². The average Bonchev–Trinajstić information content (AvgIpc) is 2.71. The third kappa shape index (κ3) is 3.28. The fraction of sp³-hybridized carbons (Fsp3) is 0.682. The fourth-order valence-electron chi connectivity index (χ4n) is 6.45. The molecule has 5 fully saturated rings. The molecule has 1 heterocycles. The summed E-state index contributed by atoms with van der Waals surface area (Å²) in [6.45, 7) is 1.15. The summed E-state index contributed by atoms with van der Waals surface area (Å²) in [6.07, 6.45) is 9.30. The highest BCUT2D eigenvalue weighted by Gasteiger charge is 2.48. The predicted octanol–water partition coefficient (Wildman–Crippen LogP) is 3.42.